The smallest absolute Gasteiger partial charge is 0.0792 e. The van der Waals surface area contributed by atoms with E-state index in [0.29, 0.717) is 0 Å². The van der Waals surface area contributed by atoms with Crippen LogP contribution in [-0.2, 0) is 0 Å². The summed E-state index contributed by atoms with van der Waals surface area (Å²) in [6.07, 6.45) is 0.465. The van der Waals surface area contributed by atoms with Gasteiger partial charge in [0.15, 0.2) is 0 Å². The van der Waals surface area contributed by atoms with Crippen molar-refractivity contribution in [3.63, 3.8) is 0 Å². The molecule has 15 heavy (non-hydrogen) atoms. The Kier molecular flexibility index (Phi) is 3.56. The lowest BCUT2D eigenvalue weighted by Gasteiger charge is -2.21. The summed E-state index contributed by atoms with van der Waals surface area (Å²) in [5, 5.41) is 10.0. The first kappa shape index (κ1) is 12.3. The van der Waals surface area contributed by atoms with E-state index in [-0.39, 0.29) is 6.10 Å². The number of benzene rings is 1. The maximum Gasteiger partial charge on any atom is 0.0792 e. The molecule has 1 heteroatoms. The van der Waals surface area contributed by atoms with Crippen LogP contribution in [-0.4, -0.2) is 5.11 Å². The molecule has 0 saturated carbocycles. The molecule has 0 amide bonds. The average Bonchev–Trinajstić information content (AvgIpc) is 2.23. The van der Waals surface area contributed by atoms with Crippen molar-refractivity contribution in [3.8, 4) is 0 Å². The van der Waals surface area contributed by atoms with Crippen molar-refractivity contribution in [2.75, 3.05) is 0 Å². The monoisotopic (exact) mass is 206 g/mol. The highest BCUT2D eigenvalue weighted by atomic mass is 16.3. The number of rotatable bonds is 2. The molecule has 0 radical (unpaired) electrons. The van der Waals surface area contributed by atoms with Crippen LogP contribution in [0.3, 0.4) is 0 Å². The molecule has 1 unspecified atom stereocenters. The predicted molar refractivity (Wildman–Crippen MR) is 65.4 cm³/mol. The molecule has 1 aromatic rings. The van der Waals surface area contributed by atoms with Gasteiger partial charge in [-0.15, -0.1) is 0 Å². The first-order valence-electron chi connectivity index (χ1n) is 5.66. The molecule has 1 atom stereocenters. The van der Waals surface area contributed by atoms with Crippen molar-refractivity contribution < 1.29 is 5.11 Å². The summed E-state index contributed by atoms with van der Waals surface area (Å²) >= 11 is 0. The number of hydrogen-bond donors (Lipinski definition) is 1. The number of aliphatic hydroxyl groups is 1. The zero-order chi connectivity index (χ0) is 11.7. The first-order valence-corrected chi connectivity index (χ1v) is 5.66. The second kappa shape index (κ2) is 4.36. The number of aliphatic hydroxyl groups excluding tert-OH is 1. The molecule has 0 bridgehead atoms. The predicted octanol–water partition coefficient (Wildman–Crippen LogP) is 3.67. The number of hydrogen-bond acceptors (Lipinski definition) is 1. The van der Waals surface area contributed by atoms with Gasteiger partial charge < -0.3 is 5.11 Å². The Bertz CT molecular complexity index is 348. The van der Waals surface area contributed by atoms with Crippen LogP contribution in [0.25, 0.3) is 0 Å². The zero-order valence-corrected chi connectivity index (χ0v) is 10.7. The fraction of sp³-hybridized carbons (Fsp3) is 0.571. The SMILES string of the molecule is CCC(O)c1c(C)c(C)c(C)c(C)c1C. The summed E-state index contributed by atoms with van der Waals surface area (Å²) in [6, 6.07) is 0. The van der Waals surface area contributed by atoms with Gasteiger partial charge in [0.25, 0.3) is 0 Å². The van der Waals surface area contributed by atoms with Crippen molar-refractivity contribution in [2.24, 2.45) is 0 Å². The lowest BCUT2D eigenvalue weighted by atomic mass is 9.86. The highest BCUT2D eigenvalue weighted by Gasteiger charge is 2.16. The van der Waals surface area contributed by atoms with Crippen LogP contribution in [0.15, 0.2) is 0 Å². The van der Waals surface area contributed by atoms with Gasteiger partial charge in [0, 0.05) is 0 Å². The van der Waals surface area contributed by atoms with Crippen molar-refractivity contribution in [2.45, 2.75) is 54.1 Å². The third-order valence-corrected chi connectivity index (χ3v) is 3.78. The Morgan fingerprint density at radius 2 is 1.13 bits per heavy atom. The minimum Gasteiger partial charge on any atom is -0.388 e. The Morgan fingerprint density at radius 3 is 1.47 bits per heavy atom. The molecule has 0 heterocycles. The van der Waals surface area contributed by atoms with Crippen LogP contribution in [0.2, 0.25) is 0 Å². The van der Waals surface area contributed by atoms with Gasteiger partial charge in [0.05, 0.1) is 6.10 Å². The van der Waals surface area contributed by atoms with Crippen LogP contribution in [0, 0.1) is 34.6 Å². The van der Waals surface area contributed by atoms with Gasteiger partial charge in [-0.05, 0) is 74.4 Å². The van der Waals surface area contributed by atoms with Crippen molar-refractivity contribution in [1.29, 1.82) is 0 Å². The summed E-state index contributed by atoms with van der Waals surface area (Å²) < 4.78 is 0. The molecule has 1 rings (SSSR count). The molecule has 0 spiro atoms. The lowest BCUT2D eigenvalue weighted by Crippen LogP contribution is -2.07. The van der Waals surface area contributed by atoms with Crippen LogP contribution >= 0.6 is 0 Å². The molecule has 1 nitrogen and oxygen atoms in total. The topological polar surface area (TPSA) is 20.2 Å². The molecular weight excluding hydrogens is 184 g/mol. The second-order valence-corrected chi connectivity index (χ2v) is 4.46. The average molecular weight is 206 g/mol. The third-order valence-electron chi connectivity index (χ3n) is 3.78. The Hall–Kier alpha value is -0.820. The van der Waals surface area contributed by atoms with Gasteiger partial charge in [-0.25, -0.2) is 0 Å². The fourth-order valence-corrected chi connectivity index (χ4v) is 2.23. The van der Waals surface area contributed by atoms with E-state index in [1.165, 1.54) is 27.8 Å². The third kappa shape index (κ3) is 1.93. The van der Waals surface area contributed by atoms with E-state index in [1.807, 2.05) is 6.92 Å². The molecule has 84 valence electrons. The van der Waals surface area contributed by atoms with Gasteiger partial charge in [0.2, 0.25) is 0 Å². The quantitative estimate of drug-likeness (QED) is 0.782. The summed E-state index contributed by atoms with van der Waals surface area (Å²) in [5.41, 5.74) is 7.64. The van der Waals surface area contributed by atoms with E-state index >= 15 is 0 Å². The minimum atomic E-state index is -0.317. The van der Waals surface area contributed by atoms with Gasteiger partial charge in [-0.2, -0.15) is 0 Å². The summed E-state index contributed by atoms with van der Waals surface area (Å²) in [5.74, 6) is 0. The van der Waals surface area contributed by atoms with Gasteiger partial charge >= 0.3 is 0 Å². The van der Waals surface area contributed by atoms with Crippen molar-refractivity contribution >= 4 is 0 Å². The fourth-order valence-electron chi connectivity index (χ4n) is 2.23. The van der Waals surface area contributed by atoms with Crippen LogP contribution < -0.4 is 0 Å². The summed E-state index contributed by atoms with van der Waals surface area (Å²) in [6.45, 7) is 12.7. The van der Waals surface area contributed by atoms with E-state index in [0.717, 1.165) is 12.0 Å². The van der Waals surface area contributed by atoms with E-state index in [9.17, 15) is 5.11 Å². The Balaban J connectivity index is 3.52. The van der Waals surface area contributed by atoms with E-state index in [1.54, 1.807) is 0 Å². The van der Waals surface area contributed by atoms with Crippen molar-refractivity contribution in [3.05, 3.63) is 33.4 Å². The molecule has 1 N–H and O–H groups in total. The van der Waals surface area contributed by atoms with Crippen molar-refractivity contribution in [1.82, 2.24) is 0 Å². The molecule has 0 aromatic heterocycles. The normalized spacial score (nSPS) is 13.0. The summed E-state index contributed by atoms with van der Waals surface area (Å²) in [7, 11) is 0. The van der Waals surface area contributed by atoms with E-state index in [4.69, 9.17) is 0 Å². The van der Waals surface area contributed by atoms with Crippen LogP contribution in [0.5, 0.6) is 0 Å². The van der Waals surface area contributed by atoms with Crippen LogP contribution in [0.1, 0.15) is 52.8 Å². The lowest BCUT2D eigenvalue weighted by molar-refractivity contribution is 0.172. The highest BCUT2D eigenvalue weighted by Crippen LogP contribution is 2.31. The van der Waals surface area contributed by atoms with E-state index in [2.05, 4.69) is 34.6 Å². The van der Waals surface area contributed by atoms with Gasteiger partial charge in [-0.1, -0.05) is 6.92 Å². The standard InChI is InChI=1S/C14H22O/c1-7-13(15)14-11(5)9(3)8(2)10(4)12(14)6/h13,15H,7H2,1-6H3. The first-order chi connectivity index (χ1) is 6.91. The maximum atomic E-state index is 10.0. The second-order valence-electron chi connectivity index (χ2n) is 4.46. The Labute approximate surface area is 93.1 Å². The molecule has 1 aromatic carbocycles. The highest BCUT2D eigenvalue weighted by molar-refractivity contribution is 5.50. The zero-order valence-electron chi connectivity index (χ0n) is 10.7. The molecule has 0 aliphatic heterocycles. The minimum absolute atomic E-state index is 0.317. The maximum absolute atomic E-state index is 10.0. The molecule has 0 saturated heterocycles. The van der Waals surface area contributed by atoms with Gasteiger partial charge in [-0.3, -0.25) is 0 Å². The van der Waals surface area contributed by atoms with E-state index < -0.39 is 0 Å². The molecule has 0 aliphatic rings. The summed E-state index contributed by atoms with van der Waals surface area (Å²) in [4.78, 5) is 0. The molecule has 0 aliphatic carbocycles. The Morgan fingerprint density at radius 1 is 0.800 bits per heavy atom. The van der Waals surface area contributed by atoms with Gasteiger partial charge in [0.1, 0.15) is 0 Å². The molecule has 0 fully saturated rings. The molecular formula is C14H22O. The largest absolute Gasteiger partial charge is 0.388 e. The van der Waals surface area contributed by atoms with Crippen LogP contribution in [0.4, 0.5) is 0 Å².